The first kappa shape index (κ1) is 15.4. The fourth-order valence-corrected chi connectivity index (χ4v) is 2.40. The van der Waals surface area contributed by atoms with Crippen LogP contribution in [0.5, 0.6) is 17.2 Å². The summed E-state index contributed by atoms with van der Waals surface area (Å²) >= 11 is 6.47. The van der Waals surface area contributed by atoms with Gasteiger partial charge in [0.05, 0.1) is 26.7 Å². The molecule has 5 heteroatoms. The van der Waals surface area contributed by atoms with Gasteiger partial charge in [0, 0.05) is 5.56 Å². The molecule has 0 N–H and O–H groups in total. The van der Waals surface area contributed by atoms with Crippen LogP contribution in [0.25, 0.3) is 0 Å². The highest BCUT2D eigenvalue weighted by Gasteiger charge is 2.18. The molecule has 112 valence electrons. The van der Waals surface area contributed by atoms with Crippen molar-refractivity contribution in [3.8, 4) is 17.2 Å². The molecular formula is C16H16ClFO3. The van der Waals surface area contributed by atoms with Gasteiger partial charge < -0.3 is 14.2 Å². The molecule has 0 aromatic heterocycles. The normalized spacial score (nSPS) is 11.9. The molecule has 2 aromatic carbocycles. The molecule has 0 bridgehead atoms. The average Bonchev–Trinajstić information content (AvgIpc) is 2.53. The van der Waals surface area contributed by atoms with E-state index in [4.69, 9.17) is 25.8 Å². The fourth-order valence-electron chi connectivity index (χ4n) is 2.09. The van der Waals surface area contributed by atoms with E-state index in [1.807, 2.05) is 6.07 Å². The standard InChI is InChI=1S/C16H16ClFO3/c1-19-13-7-5-11(18)9-12(13)16(17)10-4-6-14(20-2)15(8-10)21-3/h4-9,16H,1-3H3. The minimum atomic E-state index is -0.560. The van der Waals surface area contributed by atoms with Crippen LogP contribution in [0, 0.1) is 5.82 Å². The van der Waals surface area contributed by atoms with Crippen LogP contribution in [-0.4, -0.2) is 21.3 Å². The summed E-state index contributed by atoms with van der Waals surface area (Å²) in [6.45, 7) is 0. The van der Waals surface area contributed by atoms with Gasteiger partial charge in [-0.05, 0) is 35.9 Å². The summed E-state index contributed by atoms with van der Waals surface area (Å²) in [6.07, 6.45) is 0. The summed E-state index contributed by atoms with van der Waals surface area (Å²) in [5.74, 6) is 1.34. The van der Waals surface area contributed by atoms with Crippen LogP contribution >= 0.6 is 11.6 Å². The lowest BCUT2D eigenvalue weighted by Crippen LogP contribution is -2.00. The lowest BCUT2D eigenvalue weighted by Gasteiger charge is -2.16. The number of hydrogen-bond acceptors (Lipinski definition) is 3. The monoisotopic (exact) mass is 310 g/mol. The van der Waals surface area contributed by atoms with Crippen LogP contribution in [0.15, 0.2) is 36.4 Å². The molecule has 0 saturated heterocycles. The van der Waals surface area contributed by atoms with E-state index in [9.17, 15) is 4.39 Å². The van der Waals surface area contributed by atoms with Gasteiger partial charge in [-0.3, -0.25) is 0 Å². The molecule has 0 heterocycles. The lowest BCUT2D eigenvalue weighted by atomic mass is 10.0. The number of benzene rings is 2. The van der Waals surface area contributed by atoms with E-state index in [1.165, 1.54) is 19.2 Å². The van der Waals surface area contributed by atoms with E-state index in [2.05, 4.69) is 0 Å². The fraction of sp³-hybridized carbons (Fsp3) is 0.250. The van der Waals surface area contributed by atoms with Gasteiger partial charge >= 0.3 is 0 Å². The quantitative estimate of drug-likeness (QED) is 0.775. The van der Waals surface area contributed by atoms with Gasteiger partial charge in [-0.1, -0.05) is 6.07 Å². The third-order valence-electron chi connectivity index (χ3n) is 3.17. The molecule has 1 atom stereocenters. The number of rotatable bonds is 5. The van der Waals surface area contributed by atoms with Crippen LogP contribution in [0.4, 0.5) is 4.39 Å². The number of ether oxygens (including phenoxy) is 3. The van der Waals surface area contributed by atoms with Gasteiger partial charge in [-0.15, -0.1) is 11.6 Å². The highest BCUT2D eigenvalue weighted by molar-refractivity contribution is 6.22. The van der Waals surface area contributed by atoms with E-state index in [-0.39, 0.29) is 5.82 Å². The smallest absolute Gasteiger partial charge is 0.161 e. The maximum atomic E-state index is 13.5. The molecule has 0 spiro atoms. The number of hydrogen-bond donors (Lipinski definition) is 0. The molecule has 0 aliphatic carbocycles. The van der Waals surface area contributed by atoms with Crippen molar-refractivity contribution in [3.63, 3.8) is 0 Å². The van der Waals surface area contributed by atoms with Gasteiger partial charge in [0.25, 0.3) is 0 Å². The summed E-state index contributed by atoms with van der Waals surface area (Å²) in [4.78, 5) is 0. The van der Waals surface area contributed by atoms with Crippen LogP contribution < -0.4 is 14.2 Å². The maximum absolute atomic E-state index is 13.5. The van der Waals surface area contributed by atoms with Crippen molar-refractivity contribution in [2.24, 2.45) is 0 Å². The summed E-state index contributed by atoms with van der Waals surface area (Å²) in [5, 5.41) is -0.560. The molecule has 2 aromatic rings. The van der Waals surface area contributed by atoms with Crippen molar-refractivity contribution >= 4 is 11.6 Å². The lowest BCUT2D eigenvalue weighted by molar-refractivity contribution is 0.354. The van der Waals surface area contributed by atoms with Gasteiger partial charge in [0.15, 0.2) is 11.5 Å². The largest absolute Gasteiger partial charge is 0.496 e. The second-order valence-corrected chi connectivity index (χ2v) is 4.80. The number of alkyl halides is 1. The SMILES string of the molecule is COc1ccc(C(Cl)c2cc(F)ccc2OC)cc1OC. The predicted octanol–water partition coefficient (Wildman–Crippen LogP) is 4.18. The van der Waals surface area contributed by atoms with Crippen LogP contribution in [0.2, 0.25) is 0 Å². The molecular weight excluding hydrogens is 295 g/mol. The second-order valence-electron chi connectivity index (χ2n) is 4.36. The summed E-state index contributed by atoms with van der Waals surface area (Å²) in [5.41, 5.74) is 1.32. The van der Waals surface area contributed by atoms with Crippen molar-refractivity contribution in [2.75, 3.05) is 21.3 Å². The van der Waals surface area contributed by atoms with Crippen LogP contribution in [0.3, 0.4) is 0 Å². The molecule has 21 heavy (non-hydrogen) atoms. The first-order chi connectivity index (χ1) is 10.1. The van der Waals surface area contributed by atoms with Gasteiger partial charge in [0.2, 0.25) is 0 Å². The number of methoxy groups -OCH3 is 3. The summed E-state index contributed by atoms with van der Waals surface area (Å²) < 4.78 is 29.1. The highest BCUT2D eigenvalue weighted by atomic mass is 35.5. The van der Waals surface area contributed by atoms with E-state index < -0.39 is 5.38 Å². The Morgan fingerprint density at radius 1 is 0.857 bits per heavy atom. The molecule has 0 radical (unpaired) electrons. The molecule has 0 saturated carbocycles. The first-order valence-electron chi connectivity index (χ1n) is 6.30. The predicted molar refractivity (Wildman–Crippen MR) is 80.2 cm³/mol. The van der Waals surface area contributed by atoms with Gasteiger partial charge in [-0.2, -0.15) is 0 Å². The van der Waals surface area contributed by atoms with Crippen LogP contribution in [-0.2, 0) is 0 Å². The van der Waals surface area contributed by atoms with E-state index >= 15 is 0 Å². The summed E-state index contributed by atoms with van der Waals surface area (Å²) in [7, 11) is 4.63. The minimum Gasteiger partial charge on any atom is -0.496 e. The van der Waals surface area contributed by atoms with Crippen molar-refractivity contribution in [1.29, 1.82) is 0 Å². The average molecular weight is 311 g/mol. The van der Waals surface area contributed by atoms with Crippen molar-refractivity contribution in [2.45, 2.75) is 5.38 Å². The molecule has 0 aliphatic heterocycles. The van der Waals surface area contributed by atoms with Crippen molar-refractivity contribution < 1.29 is 18.6 Å². The van der Waals surface area contributed by atoms with Gasteiger partial charge in [-0.25, -0.2) is 4.39 Å². The minimum absolute atomic E-state index is 0.364. The second kappa shape index (κ2) is 6.68. The van der Waals surface area contributed by atoms with Gasteiger partial charge in [0.1, 0.15) is 11.6 Å². The first-order valence-corrected chi connectivity index (χ1v) is 6.73. The Morgan fingerprint density at radius 3 is 2.10 bits per heavy atom. The maximum Gasteiger partial charge on any atom is 0.161 e. The topological polar surface area (TPSA) is 27.7 Å². The number of halogens is 2. The Balaban J connectivity index is 2.44. The zero-order valence-corrected chi connectivity index (χ0v) is 12.8. The van der Waals surface area contributed by atoms with Crippen molar-refractivity contribution in [1.82, 2.24) is 0 Å². The Labute approximate surface area is 128 Å². The Bertz CT molecular complexity index is 631. The Hall–Kier alpha value is -1.94. The molecule has 1 unspecified atom stereocenters. The van der Waals surface area contributed by atoms with Crippen LogP contribution in [0.1, 0.15) is 16.5 Å². The summed E-state index contributed by atoms with van der Waals surface area (Å²) in [6, 6.07) is 9.59. The van der Waals surface area contributed by atoms with Crippen molar-refractivity contribution in [3.05, 3.63) is 53.3 Å². The third kappa shape index (κ3) is 3.22. The molecule has 0 fully saturated rings. The van der Waals surface area contributed by atoms with E-state index in [0.717, 1.165) is 5.56 Å². The molecule has 3 nitrogen and oxygen atoms in total. The molecule has 0 aliphatic rings. The molecule has 2 rings (SSSR count). The Kier molecular flexibility index (Phi) is 4.91. The zero-order chi connectivity index (χ0) is 15.4. The zero-order valence-electron chi connectivity index (χ0n) is 12.0. The Morgan fingerprint density at radius 2 is 1.48 bits per heavy atom. The highest BCUT2D eigenvalue weighted by Crippen LogP contribution is 2.38. The third-order valence-corrected chi connectivity index (χ3v) is 3.65. The van der Waals surface area contributed by atoms with E-state index in [1.54, 1.807) is 32.4 Å². The molecule has 0 amide bonds. The van der Waals surface area contributed by atoms with E-state index in [0.29, 0.717) is 22.8 Å².